The third-order valence-corrected chi connectivity index (χ3v) is 3.81. The third kappa shape index (κ3) is 3.67. The molecule has 104 valence electrons. The van der Waals surface area contributed by atoms with Crippen LogP contribution in [0.3, 0.4) is 0 Å². The van der Waals surface area contributed by atoms with Crippen LogP contribution in [0.4, 0.5) is 5.69 Å². The summed E-state index contributed by atoms with van der Waals surface area (Å²) in [5.41, 5.74) is 0.102. The van der Waals surface area contributed by atoms with E-state index in [1.54, 1.807) is 6.07 Å². The van der Waals surface area contributed by atoms with Gasteiger partial charge in [-0.05, 0) is 43.7 Å². The topological polar surface area (TPSA) is 82.5 Å². The van der Waals surface area contributed by atoms with Crippen molar-refractivity contribution in [2.75, 3.05) is 11.9 Å². The van der Waals surface area contributed by atoms with Crippen molar-refractivity contribution in [2.45, 2.75) is 38.2 Å². The molecule has 0 radical (unpaired) electrons. The summed E-state index contributed by atoms with van der Waals surface area (Å²) in [4.78, 5) is 14.5. The predicted octanol–water partition coefficient (Wildman–Crippen LogP) is 2.13. The number of aliphatic hydroxyl groups is 1. The first-order chi connectivity index (χ1) is 8.98. The van der Waals surface area contributed by atoms with E-state index in [-0.39, 0.29) is 5.69 Å². The molecule has 0 saturated heterocycles. The van der Waals surface area contributed by atoms with Gasteiger partial charge in [-0.25, -0.2) is 9.78 Å². The number of rotatable bonds is 4. The predicted molar refractivity (Wildman–Crippen MR) is 72.3 cm³/mol. The molecule has 0 aliphatic heterocycles. The first kappa shape index (κ1) is 13.8. The van der Waals surface area contributed by atoms with Crippen molar-refractivity contribution in [3.8, 4) is 0 Å². The summed E-state index contributed by atoms with van der Waals surface area (Å²) < 4.78 is 0. The van der Waals surface area contributed by atoms with E-state index in [0.717, 1.165) is 31.4 Å². The number of pyridine rings is 1. The maximum absolute atomic E-state index is 10.7. The fraction of sp³-hybridized carbons (Fsp3) is 0.571. The van der Waals surface area contributed by atoms with Gasteiger partial charge in [0.25, 0.3) is 0 Å². The van der Waals surface area contributed by atoms with Gasteiger partial charge in [-0.1, -0.05) is 6.92 Å². The van der Waals surface area contributed by atoms with Crippen molar-refractivity contribution in [2.24, 2.45) is 5.92 Å². The van der Waals surface area contributed by atoms with Crippen LogP contribution in [-0.2, 0) is 0 Å². The molecule has 5 nitrogen and oxygen atoms in total. The fourth-order valence-electron chi connectivity index (χ4n) is 2.37. The van der Waals surface area contributed by atoms with Crippen molar-refractivity contribution in [1.82, 2.24) is 4.98 Å². The molecule has 1 heterocycles. The lowest BCUT2D eigenvalue weighted by atomic mass is 9.79. The minimum absolute atomic E-state index is 0.0238. The first-order valence-corrected chi connectivity index (χ1v) is 6.64. The van der Waals surface area contributed by atoms with Crippen LogP contribution in [-0.4, -0.2) is 33.3 Å². The van der Waals surface area contributed by atoms with Gasteiger partial charge in [0, 0.05) is 6.54 Å². The van der Waals surface area contributed by atoms with Gasteiger partial charge in [0.05, 0.1) is 17.5 Å². The second kappa shape index (κ2) is 5.57. The van der Waals surface area contributed by atoms with Gasteiger partial charge in [-0.3, -0.25) is 0 Å². The lowest BCUT2D eigenvalue weighted by Crippen LogP contribution is -2.40. The highest BCUT2D eigenvalue weighted by molar-refractivity contribution is 5.85. The monoisotopic (exact) mass is 264 g/mol. The molecule has 0 unspecified atom stereocenters. The normalized spacial score (nSPS) is 26.9. The summed E-state index contributed by atoms with van der Waals surface area (Å²) in [5, 5.41) is 22.3. The Hall–Kier alpha value is -1.62. The zero-order chi connectivity index (χ0) is 13.9. The Morgan fingerprint density at radius 1 is 1.47 bits per heavy atom. The Morgan fingerprint density at radius 3 is 2.68 bits per heavy atom. The number of aromatic nitrogens is 1. The summed E-state index contributed by atoms with van der Waals surface area (Å²) in [6.07, 6.45) is 5.20. The number of carboxylic acids is 1. The number of anilines is 1. The highest BCUT2D eigenvalue weighted by Crippen LogP contribution is 2.31. The van der Waals surface area contributed by atoms with E-state index in [9.17, 15) is 9.90 Å². The summed E-state index contributed by atoms with van der Waals surface area (Å²) in [6.45, 7) is 2.69. The van der Waals surface area contributed by atoms with E-state index < -0.39 is 11.6 Å². The van der Waals surface area contributed by atoms with Crippen LogP contribution in [0.1, 0.15) is 43.1 Å². The molecule has 1 aromatic rings. The molecule has 0 atom stereocenters. The number of nitrogens with one attached hydrogen (secondary N) is 1. The zero-order valence-electron chi connectivity index (χ0n) is 11.1. The Morgan fingerprint density at radius 2 is 2.16 bits per heavy atom. The molecular formula is C14H20N2O3. The van der Waals surface area contributed by atoms with Crippen LogP contribution >= 0.6 is 0 Å². The summed E-state index contributed by atoms with van der Waals surface area (Å²) in [6, 6.07) is 3.13. The maximum atomic E-state index is 10.7. The molecule has 0 aromatic carbocycles. The van der Waals surface area contributed by atoms with Gasteiger partial charge in [-0.2, -0.15) is 0 Å². The highest BCUT2D eigenvalue weighted by atomic mass is 16.4. The molecule has 3 N–H and O–H groups in total. The molecule has 0 amide bonds. The number of carbonyl (C=O) groups is 1. The van der Waals surface area contributed by atoms with E-state index in [1.807, 2.05) is 0 Å². The minimum atomic E-state index is -1.04. The maximum Gasteiger partial charge on any atom is 0.354 e. The van der Waals surface area contributed by atoms with E-state index >= 15 is 0 Å². The average Bonchev–Trinajstić information content (AvgIpc) is 2.41. The summed E-state index contributed by atoms with van der Waals surface area (Å²) >= 11 is 0. The van der Waals surface area contributed by atoms with E-state index in [4.69, 9.17) is 5.11 Å². The van der Waals surface area contributed by atoms with Gasteiger partial charge >= 0.3 is 5.97 Å². The lowest BCUT2D eigenvalue weighted by molar-refractivity contribution is 0.00500. The molecule has 0 spiro atoms. The van der Waals surface area contributed by atoms with Gasteiger partial charge in [0.2, 0.25) is 0 Å². The van der Waals surface area contributed by atoms with Crippen LogP contribution in [0, 0.1) is 5.92 Å². The van der Waals surface area contributed by atoms with Crippen molar-refractivity contribution >= 4 is 11.7 Å². The third-order valence-electron chi connectivity index (χ3n) is 3.81. The van der Waals surface area contributed by atoms with Crippen molar-refractivity contribution in [3.63, 3.8) is 0 Å². The van der Waals surface area contributed by atoms with Crippen LogP contribution < -0.4 is 5.32 Å². The Bertz CT molecular complexity index is 437. The van der Waals surface area contributed by atoms with Gasteiger partial charge < -0.3 is 15.5 Å². The molecular weight excluding hydrogens is 244 g/mol. The quantitative estimate of drug-likeness (QED) is 0.776. The van der Waals surface area contributed by atoms with Crippen LogP contribution in [0.25, 0.3) is 0 Å². The van der Waals surface area contributed by atoms with Gasteiger partial charge in [0.15, 0.2) is 0 Å². The standard InChI is InChI=1S/C14H20N2O3/c1-10-4-6-14(19,7-5-10)9-16-11-2-3-12(13(17)18)15-8-11/h2-3,8,10,16,19H,4-7,9H2,1H3,(H,17,18). The van der Waals surface area contributed by atoms with Crippen molar-refractivity contribution < 1.29 is 15.0 Å². The van der Waals surface area contributed by atoms with Gasteiger partial charge in [-0.15, -0.1) is 0 Å². The second-order valence-electron chi connectivity index (χ2n) is 5.50. The fourth-order valence-corrected chi connectivity index (χ4v) is 2.37. The minimum Gasteiger partial charge on any atom is -0.477 e. The van der Waals surface area contributed by atoms with Gasteiger partial charge in [0.1, 0.15) is 5.69 Å². The highest BCUT2D eigenvalue weighted by Gasteiger charge is 2.31. The number of hydrogen-bond acceptors (Lipinski definition) is 4. The number of nitrogens with zero attached hydrogens (tertiary/aromatic N) is 1. The van der Waals surface area contributed by atoms with Crippen LogP contribution in [0.15, 0.2) is 18.3 Å². The largest absolute Gasteiger partial charge is 0.477 e. The zero-order valence-corrected chi connectivity index (χ0v) is 11.1. The lowest BCUT2D eigenvalue weighted by Gasteiger charge is -2.35. The number of aromatic carboxylic acids is 1. The molecule has 19 heavy (non-hydrogen) atoms. The van der Waals surface area contributed by atoms with E-state index in [1.165, 1.54) is 12.3 Å². The molecule has 2 rings (SSSR count). The van der Waals surface area contributed by atoms with Crippen LogP contribution in [0.2, 0.25) is 0 Å². The second-order valence-corrected chi connectivity index (χ2v) is 5.50. The van der Waals surface area contributed by atoms with Crippen molar-refractivity contribution in [1.29, 1.82) is 0 Å². The molecule has 1 saturated carbocycles. The number of hydrogen-bond donors (Lipinski definition) is 3. The van der Waals surface area contributed by atoms with E-state index in [0.29, 0.717) is 12.5 Å². The summed E-state index contributed by atoms with van der Waals surface area (Å²) in [5.74, 6) is -0.344. The SMILES string of the molecule is CC1CCC(O)(CNc2ccc(C(=O)O)nc2)CC1. The molecule has 1 aliphatic rings. The molecule has 1 aliphatic carbocycles. The average molecular weight is 264 g/mol. The van der Waals surface area contributed by atoms with Crippen molar-refractivity contribution in [3.05, 3.63) is 24.0 Å². The number of carboxylic acid groups (broad SMARTS) is 1. The van der Waals surface area contributed by atoms with E-state index in [2.05, 4.69) is 17.2 Å². The summed E-state index contributed by atoms with van der Waals surface area (Å²) in [7, 11) is 0. The molecule has 1 fully saturated rings. The Labute approximate surface area is 112 Å². The molecule has 5 heteroatoms. The molecule has 0 bridgehead atoms. The first-order valence-electron chi connectivity index (χ1n) is 6.64. The smallest absolute Gasteiger partial charge is 0.354 e. The Kier molecular flexibility index (Phi) is 4.04. The molecule has 1 aromatic heterocycles. The Balaban J connectivity index is 1.89. The van der Waals surface area contributed by atoms with Crippen LogP contribution in [0.5, 0.6) is 0 Å².